The predicted molar refractivity (Wildman–Crippen MR) is 183 cm³/mol. The van der Waals surface area contributed by atoms with Crippen molar-refractivity contribution in [2.45, 2.75) is 0 Å². The molecule has 3 heterocycles. The highest BCUT2D eigenvalue weighted by atomic mass is 15.0. The number of hydrogen-bond acceptors (Lipinski definition) is 4. The molecule has 6 aromatic carbocycles. The second-order valence-electron chi connectivity index (χ2n) is 11.2. The van der Waals surface area contributed by atoms with Crippen LogP contribution in [0.25, 0.3) is 83.3 Å². The maximum atomic E-state index is 5.16. The minimum absolute atomic E-state index is 0.665. The van der Waals surface area contributed by atoms with Crippen LogP contribution in [0.2, 0.25) is 0 Å². The summed E-state index contributed by atoms with van der Waals surface area (Å²) in [5, 5.41) is 4.53. The third kappa shape index (κ3) is 4.25. The molecule has 0 bridgehead atoms. The number of benzene rings is 6. The molecule has 0 saturated heterocycles. The maximum absolute atomic E-state index is 5.16. The Morgan fingerprint density at radius 1 is 0.422 bits per heavy atom. The summed E-state index contributed by atoms with van der Waals surface area (Å²) in [7, 11) is 0. The fraction of sp³-hybridized carbons (Fsp3) is 0. The number of nitrogens with zero attached hydrogens (tertiary/aromatic N) is 5. The lowest BCUT2D eigenvalue weighted by atomic mass is 10.0. The lowest BCUT2D eigenvalue weighted by molar-refractivity contribution is 1.18. The molecule has 0 N–H and O–H groups in total. The van der Waals surface area contributed by atoms with Crippen molar-refractivity contribution in [2.24, 2.45) is 0 Å². The van der Waals surface area contributed by atoms with Gasteiger partial charge in [0, 0.05) is 50.1 Å². The van der Waals surface area contributed by atoms with E-state index in [0.717, 1.165) is 49.9 Å². The van der Waals surface area contributed by atoms with Crippen LogP contribution in [0.3, 0.4) is 0 Å². The molecule has 3 aromatic heterocycles. The predicted octanol–water partition coefficient (Wildman–Crippen LogP) is 9.67. The van der Waals surface area contributed by atoms with Crippen molar-refractivity contribution in [3.63, 3.8) is 0 Å². The molecule has 9 rings (SSSR count). The molecule has 0 amide bonds. The fourth-order valence-corrected chi connectivity index (χ4v) is 6.30. The van der Waals surface area contributed by atoms with Crippen LogP contribution in [0.15, 0.2) is 152 Å². The SMILES string of the molecule is c1cc(-c2ncc3ccccc3n2)cc(-c2nc(-c3ccc(-n4c5ccccc5c5ccccc54)cc3)c3ccccc3n2)c1. The van der Waals surface area contributed by atoms with Crippen LogP contribution in [-0.4, -0.2) is 24.5 Å². The van der Waals surface area contributed by atoms with Crippen LogP contribution in [0.1, 0.15) is 0 Å². The minimum atomic E-state index is 0.665. The molecule has 5 nitrogen and oxygen atoms in total. The molecule has 45 heavy (non-hydrogen) atoms. The molecule has 9 aromatic rings. The van der Waals surface area contributed by atoms with Crippen LogP contribution >= 0.6 is 0 Å². The Kier molecular flexibility index (Phi) is 5.74. The van der Waals surface area contributed by atoms with Gasteiger partial charge in [-0.15, -0.1) is 0 Å². The Morgan fingerprint density at radius 3 is 1.78 bits per heavy atom. The quantitative estimate of drug-likeness (QED) is 0.210. The number of aromatic nitrogens is 5. The molecule has 0 unspecified atom stereocenters. The van der Waals surface area contributed by atoms with Gasteiger partial charge in [0.15, 0.2) is 11.6 Å². The molecule has 0 aliphatic heterocycles. The second kappa shape index (κ2) is 10.2. The van der Waals surface area contributed by atoms with E-state index in [1.54, 1.807) is 0 Å². The summed E-state index contributed by atoms with van der Waals surface area (Å²) >= 11 is 0. The first-order chi connectivity index (χ1) is 22.3. The van der Waals surface area contributed by atoms with Gasteiger partial charge in [0.25, 0.3) is 0 Å². The smallest absolute Gasteiger partial charge is 0.160 e. The van der Waals surface area contributed by atoms with Crippen molar-refractivity contribution < 1.29 is 0 Å². The molecule has 0 atom stereocenters. The summed E-state index contributed by atoms with van der Waals surface area (Å²) in [6.07, 6.45) is 1.87. The Hall–Kier alpha value is -6.20. The van der Waals surface area contributed by atoms with Crippen LogP contribution in [0.4, 0.5) is 0 Å². The molecular weight excluding hydrogens is 550 g/mol. The Labute approximate surface area is 259 Å². The Balaban J connectivity index is 1.15. The fourth-order valence-electron chi connectivity index (χ4n) is 6.30. The van der Waals surface area contributed by atoms with E-state index in [1.165, 1.54) is 21.8 Å². The topological polar surface area (TPSA) is 56.5 Å². The van der Waals surface area contributed by atoms with Crippen LogP contribution in [-0.2, 0) is 0 Å². The summed E-state index contributed by atoms with van der Waals surface area (Å²) in [5.74, 6) is 1.34. The summed E-state index contributed by atoms with van der Waals surface area (Å²) in [5.41, 5.74) is 9.08. The van der Waals surface area contributed by atoms with Crippen LogP contribution in [0, 0.1) is 0 Å². The zero-order chi connectivity index (χ0) is 29.7. The Bertz CT molecular complexity index is 2490. The highest BCUT2D eigenvalue weighted by Crippen LogP contribution is 2.34. The van der Waals surface area contributed by atoms with Crippen LogP contribution in [0.5, 0.6) is 0 Å². The minimum Gasteiger partial charge on any atom is -0.309 e. The van der Waals surface area contributed by atoms with E-state index in [4.69, 9.17) is 15.0 Å². The molecular formula is C40H25N5. The summed E-state index contributed by atoms with van der Waals surface area (Å²) < 4.78 is 2.33. The number of rotatable bonds is 4. The zero-order valence-electron chi connectivity index (χ0n) is 24.2. The molecule has 0 spiro atoms. The molecule has 0 aliphatic rings. The van der Waals surface area contributed by atoms with E-state index in [2.05, 4.69) is 94.5 Å². The summed E-state index contributed by atoms with van der Waals surface area (Å²) in [4.78, 5) is 19.6. The van der Waals surface area contributed by atoms with Gasteiger partial charge in [-0.05, 0) is 42.5 Å². The number of para-hydroxylation sites is 4. The molecule has 0 radical (unpaired) electrons. The largest absolute Gasteiger partial charge is 0.309 e. The van der Waals surface area contributed by atoms with Crippen molar-refractivity contribution >= 4 is 43.6 Å². The first-order valence-corrected chi connectivity index (χ1v) is 15.0. The van der Waals surface area contributed by atoms with E-state index in [0.29, 0.717) is 11.6 Å². The van der Waals surface area contributed by atoms with Gasteiger partial charge in [-0.1, -0.05) is 103 Å². The van der Waals surface area contributed by atoms with Crippen molar-refractivity contribution in [2.75, 3.05) is 0 Å². The summed E-state index contributed by atoms with van der Waals surface area (Å²) in [6, 6.07) is 50.2. The first kappa shape index (κ1) is 25.3. The molecule has 5 heteroatoms. The molecule has 0 aliphatic carbocycles. The second-order valence-corrected chi connectivity index (χ2v) is 11.2. The average molecular weight is 576 g/mol. The van der Waals surface area contributed by atoms with Crippen molar-refractivity contribution in [3.05, 3.63) is 152 Å². The van der Waals surface area contributed by atoms with Crippen molar-refractivity contribution in [1.82, 2.24) is 24.5 Å². The van der Waals surface area contributed by atoms with Gasteiger partial charge in [-0.3, -0.25) is 0 Å². The zero-order valence-corrected chi connectivity index (χ0v) is 24.2. The maximum Gasteiger partial charge on any atom is 0.160 e. The van der Waals surface area contributed by atoms with Gasteiger partial charge in [-0.25, -0.2) is 19.9 Å². The number of fused-ring (bicyclic) bond motifs is 5. The van der Waals surface area contributed by atoms with Gasteiger partial charge < -0.3 is 4.57 Å². The van der Waals surface area contributed by atoms with E-state index in [1.807, 2.05) is 66.9 Å². The van der Waals surface area contributed by atoms with E-state index in [9.17, 15) is 0 Å². The van der Waals surface area contributed by atoms with Crippen molar-refractivity contribution in [1.29, 1.82) is 0 Å². The lowest BCUT2D eigenvalue weighted by Gasteiger charge is -2.12. The third-order valence-corrected chi connectivity index (χ3v) is 8.45. The molecule has 0 fully saturated rings. The van der Waals surface area contributed by atoms with Gasteiger partial charge in [-0.2, -0.15) is 0 Å². The molecule has 0 saturated carbocycles. The van der Waals surface area contributed by atoms with E-state index >= 15 is 0 Å². The number of hydrogen-bond donors (Lipinski definition) is 0. The third-order valence-electron chi connectivity index (χ3n) is 8.45. The van der Waals surface area contributed by atoms with Gasteiger partial charge >= 0.3 is 0 Å². The first-order valence-electron chi connectivity index (χ1n) is 15.0. The van der Waals surface area contributed by atoms with Crippen LogP contribution < -0.4 is 0 Å². The Morgan fingerprint density at radius 2 is 1.02 bits per heavy atom. The van der Waals surface area contributed by atoms with Crippen molar-refractivity contribution in [3.8, 4) is 39.7 Å². The van der Waals surface area contributed by atoms with Gasteiger partial charge in [0.2, 0.25) is 0 Å². The average Bonchev–Trinajstić information content (AvgIpc) is 3.45. The molecule has 210 valence electrons. The standard InChI is InChI=1S/C40H25N5/c1-5-16-34-29(10-1)25-41-39(42-34)27-11-9-12-28(24-27)40-43-35-17-6-2-15-33(35)38(44-40)26-20-22-30(23-21-26)45-36-18-7-3-13-31(36)32-14-4-8-19-37(32)45/h1-25H. The normalized spacial score (nSPS) is 11.6. The highest BCUT2D eigenvalue weighted by Gasteiger charge is 2.15. The lowest BCUT2D eigenvalue weighted by Crippen LogP contribution is -1.97. The van der Waals surface area contributed by atoms with E-state index in [-0.39, 0.29) is 0 Å². The van der Waals surface area contributed by atoms with Gasteiger partial charge in [0.05, 0.1) is 27.8 Å². The highest BCUT2D eigenvalue weighted by molar-refractivity contribution is 6.09. The summed E-state index contributed by atoms with van der Waals surface area (Å²) in [6.45, 7) is 0. The van der Waals surface area contributed by atoms with Gasteiger partial charge in [0.1, 0.15) is 0 Å². The van der Waals surface area contributed by atoms with E-state index < -0.39 is 0 Å². The monoisotopic (exact) mass is 575 g/mol.